The van der Waals surface area contributed by atoms with Crippen molar-refractivity contribution in [3.8, 4) is 16.9 Å². The van der Waals surface area contributed by atoms with Gasteiger partial charge in [0.05, 0.1) is 5.56 Å². The Morgan fingerprint density at radius 1 is 0.758 bits per heavy atom. The summed E-state index contributed by atoms with van der Waals surface area (Å²) in [6.07, 6.45) is 1.78. The Hall–Kier alpha value is -3.69. The first kappa shape index (κ1) is 21.2. The molecule has 5 aromatic rings. The number of Topliss-reactive ketones (excluding diaryl/α,β-unsaturated/α-hetero) is 1. The number of thiophene rings is 1. The third-order valence-corrected chi connectivity index (χ3v) is 7.26. The second kappa shape index (κ2) is 9.05. The van der Waals surface area contributed by atoms with E-state index in [1.165, 1.54) is 38.6 Å². The van der Waals surface area contributed by atoms with Gasteiger partial charge >= 0.3 is 0 Å². The molecule has 0 saturated heterocycles. The van der Waals surface area contributed by atoms with Gasteiger partial charge in [-0.1, -0.05) is 84.9 Å². The number of fused-ring (bicyclic) bond motifs is 1. The van der Waals surface area contributed by atoms with Gasteiger partial charge in [0.15, 0.2) is 5.78 Å². The summed E-state index contributed by atoms with van der Waals surface area (Å²) >= 11 is 1.88. The molecule has 4 aromatic carbocycles. The van der Waals surface area contributed by atoms with Gasteiger partial charge in [-0.25, -0.2) is 0 Å². The van der Waals surface area contributed by atoms with E-state index in [1.54, 1.807) is 6.07 Å². The molecule has 162 valence electrons. The third kappa shape index (κ3) is 4.33. The monoisotopic (exact) mass is 448 g/mol. The fraction of sp³-hybridized carbons (Fsp3) is 0.100. The van der Waals surface area contributed by atoms with Gasteiger partial charge in [0.2, 0.25) is 0 Å². The summed E-state index contributed by atoms with van der Waals surface area (Å²) in [6, 6.07) is 32.9. The molecule has 0 spiro atoms. The summed E-state index contributed by atoms with van der Waals surface area (Å²) < 4.78 is 1.32. The molecule has 0 radical (unpaired) electrons. The lowest BCUT2D eigenvalue weighted by Gasteiger charge is -2.10. The summed E-state index contributed by atoms with van der Waals surface area (Å²) in [5, 5.41) is 11.9. The van der Waals surface area contributed by atoms with E-state index in [-0.39, 0.29) is 11.5 Å². The van der Waals surface area contributed by atoms with Gasteiger partial charge in [-0.3, -0.25) is 4.79 Å². The first-order chi connectivity index (χ1) is 16.1. The second-order valence-corrected chi connectivity index (χ2v) is 9.43. The molecular weight excluding hydrogens is 424 g/mol. The first-order valence-corrected chi connectivity index (χ1v) is 11.9. The van der Waals surface area contributed by atoms with Crippen molar-refractivity contribution in [3.63, 3.8) is 0 Å². The maximum atomic E-state index is 11.8. The molecule has 1 N–H and O–H groups in total. The minimum atomic E-state index is -0.138. The van der Waals surface area contributed by atoms with E-state index in [1.807, 2.05) is 35.6 Å². The summed E-state index contributed by atoms with van der Waals surface area (Å²) in [6.45, 7) is 1.47. The molecule has 0 aliphatic heterocycles. The highest BCUT2D eigenvalue weighted by atomic mass is 32.1. The molecule has 2 nitrogen and oxygen atoms in total. The van der Waals surface area contributed by atoms with Crippen LogP contribution in [0, 0.1) is 0 Å². The topological polar surface area (TPSA) is 37.3 Å². The van der Waals surface area contributed by atoms with Crippen molar-refractivity contribution in [2.75, 3.05) is 0 Å². The van der Waals surface area contributed by atoms with Crippen LogP contribution < -0.4 is 0 Å². The molecular formula is C30H24O2S. The quantitative estimate of drug-likeness (QED) is 0.271. The number of para-hydroxylation sites is 1. The number of carbonyl (C=O) groups excluding carboxylic acids is 1. The zero-order chi connectivity index (χ0) is 22.8. The van der Waals surface area contributed by atoms with Gasteiger partial charge in [0.1, 0.15) is 5.75 Å². The number of phenols is 1. The fourth-order valence-electron chi connectivity index (χ4n) is 4.33. The number of aromatic hydroxyl groups is 1. The van der Waals surface area contributed by atoms with Crippen LogP contribution in [0.2, 0.25) is 0 Å². The molecule has 0 atom stereocenters. The molecule has 0 saturated carbocycles. The average Bonchev–Trinajstić information content (AvgIpc) is 3.17. The van der Waals surface area contributed by atoms with Gasteiger partial charge in [-0.15, -0.1) is 11.3 Å². The van der Waals surface area contributed by atoms with E-state index in [2.05, 4.69) is 66.7 Å². The summed E-state index contributed by atoms with van der Waals surface area (Å²) in [4.78, 5) is 13.2. The molecule has 1 heterocycles. The Balaban J connectivity index is 1.48. The molecule has 0 amide bonds. The molecule has 0 aliphatic rings. The number of carbonyl (C=O) groups is 1. The summed E-state index contributed by atoms with van der Waals surface area (Å²) in [5.41, 5.74) is 5.86. The van der Waals surface area contributed by atoms with Gasteiger partial charge in [-0.05, 0) is 53.1 Å². The van der Waals surface area contributed by atoms with Crippen molar-refractivity contribution in [3.05, 3.63) is 124 Å². The van der Waals surface area contributed by atoms with Gasteiger partial charge in [0.25, 0.3) is 0 Å². The zero-order valence-electron chi connectivity index (χ0n) is 18.4. The van der Waals surface area contributed by atoms with Gasteiger partial charge < -0.3 is 5.11 Å². The number of hydrogen-bond acceptors (Lipinski definition) is 3. The average molecular weight is 449 g/mol. The standard InChI is InChI=1S/C30H24O2S/c1-20(31)24-11-7-12-25(30(24)32)23-16-14-22(15-17-23)18-27-26-10-5-6-13-28(26)33-29(27)19-21-8-3-2-4-9-21/h2-17,32H,18-19H2,1H3. The van der Waals surface area contributed by atoms with Crippen molar-refractivity contribution < 1.29 is 9.90 Å². The van der Waals surface area contributed by atoms with E-state index < -0.39 is 0 Å². The minimum absolute atomic E-state index is 0.0479. The van der Waals surface area contributed by atoms with Gasteiger partial charge in [-0.2, -0.15) is 0 Å². The van der Waals surface area contributed by atoms with Crippen LogP contribution >= 0.6 is 11.3 Å². The van der Waals surface area contributed by atoms with Crippen LogP contribution in [0.4, 0.5) is 0 Å². The molecule has 0 unspecified atom stereocenters. The Morgan fingerprint density at radius 3 is 2.21 bits per heavy atom. The number of benzene rings is 4. The minimum Gasteiger partial charge on any atom is -0.507 e. The van der Waals surface area contributed by atoms with Crippen LogP contribution in [0.25, 0.3) is 21.2 Å². The van der Waals surface area contributed by atoms with Crippen LogP contribution in [0.1, 0.15) is 38.8 Å². The normalized spacial score (nSPS) is 11.1. The SMILES string of the molecule is CC(=O)c1cccc(-c2ccc(Cc3c(Cc4ccccc4)sc4ccccc34)cc2)c1O. The Labute approximate surface area is 197 Å². The zero-order valence-corrected chi connectivity index (χ0v) is 19.2. The second-order valence-electron chi connectivity index (χ2n) is 8.29. The molecule has 1 aromatic heterocycles. The molecule has 0 bridgehead atoms. The van der Waals surface area contributed by atoms with E-state index in [0.29, 0.717) is 11.1 Å². The lowest BCUT2D eigenvalue weighted by molar-refractivity contribution is 0.101. The first-order valence-electron chi connectivity index (χ1n) is 11.1. The number of ketones is 1. The predicted octanol–water partition coefficient (Wildman–Crippen LogP) is 7.66. The Kier molecular flexibility index (Phi) is 5.80. The summed E-state index contributed by atoms with van der Waals surface area (Å²) in [5.74, 6) is -0.0898. The van der Waals surface area contributed by atoms with E-state index >= 15 is 0 Å². The van der Waals surface area contributed by atoms with Crippen molar-refractivity contribution >= 4 is 27.2 Å². The lowest BCUT2D eigenvalue weighted by Crippen LogP contribution is -1.95. The van der Waals surface area contributed by atoms with Crippen molar-refractivity contribution in [1.82, 2.24) is 0 Å². The fourth-order valence-corrected chi connectivity index (χ4v) is 5.59. The number of hydrogen-bond donors (Lipinski definition) is 1. The van der Waals surface area contributed by atoms with E-state index in [0.717, 1.165) is 18.4 Å². The van der Waals surface area contributed by atoms with Crippen LogP contribution in [-0.2, 0) is 12.8 Å². The number of rotatable bonds is 6. The van der Waals surface area contributed by atoms with Crippen molar-refractivity contribution in [1.29, 1.82) is 0 Å². The lowest BCUT2D eigenvalue weighted by atomic mass is 9.96. The van der Waals surface area contributed by atoms with Crippen molar-refractivity contribution in [2.45, 2.75) is 19.8 Å². The predicted molar refractivity (Wildman–Crippen MR) is 137 cm³/mol. The molecule has 3 heteroatoms. The number of phenolic OH excluding ortho intramolecular Hbond substituents is 1. The Morgan fingerprint density at radius 2 is 1.45 bits per heavy atom. The Bertz CT molecular complexity index is 1430. The maximum absolute atomic E-state index is 11.8. The largest absolute Gasteiger partial charge is 0.507 e. The smallest absolute Gasteiger partial charge is 0.163 e. The maximum Gasteiger partial charge on any atom is 0.163 e. The summed E-state index contributed by atoms with van der Waals surface area (Å²) in [7, 11) is 0. The van der Waals surface area contributed by atoms with Crippen LogP contribution in [-0.4, -0.2) is 10.9 Å². The van der Waals surface area contributed by atoms with Gasteiger partial charge in [0, 0.05) is 21.6 Å². The third-order valence-electron chi connectivity index (χ3n) is 6.05. The highest BCUT2D eigenvalue weighted by molar-refractivity contribution is 7.19. The molecule has 33 heavy (non-hydrogen) atoms. The molecule has 0 fully saturated rings. The van der Waals surface area contributed by atoms with Crippen LogP contribution in [0.3, 0.4) is 0 Å². The van der Waals surface area contributed by atoms with Crippen molar-refractivity contribution in [2.24, 2.45) is 0 Å². The highest BCUT2D eigenvalue weighted by Crippen LogP contribution is 2.36. The van der Waals surface area contributed by atoms with Crippen LogP contribution in [0.15, 0.2) is 97.1 Å². The molecule has 5 rings (SSSR count). The molecule has 0 aliphatic carbocycles. The van der Waals surface area contributed by atoms with E-state index in [4.69, 9.17) is 0 Å². The highest BCUT2D eigenvalue weighted by Gasteiger charge is 2.15. The van der Waals surface area contributed by atoms with Crippen LogP contribution in [0.5, 0.6) is 5.75 Å². The van der Waals surface area contributed by atoms with E-state index in [9.17, 15) is 9.90 Å².